The van der Waals surface area contributed by atoms with Gasteiger partial charge in [0.05, 0.1) is 9.48 Å². The molecule has 1 heterocycles. The van der Waals surface area contributed by atoms with E-state index in [4.69, 9.17) is 5.41 Å². The van der Waals surface area contributed by atoms with E-state index in [1.165, 1.54) is 50.4 Å². The van der Waals surface area contributed by atoms with Gasteiger partial charge >= 0.3 is 5.97 Å². The predicted octanol–water partition coefficient (Wildman–Crippen LogP) is 3.42. The molecule has 0 spiro atoms. The number of aromatic nitrogens is 1. The van der Waals surface area contributed by atoms with E-state index in [0.29, 0.717) is 10.9 Å². The second-order valence-electron chi connectivity index (χ2n) is 5.02. The van der Waals surface area contributed by atoms with Gasteiger partial charge in [0.25, 0.3) is 0 Å². The molecule has 110 valence electrons. The zero-order chi connectivity index (χ0) is 14.5. The summed E-state index contributed by atoms with van der Waals surface area (Å²) >= 11 is 4.91. The number of hydrogen-bond acceptors (Lipinski definition) is 5. The van der Waals surface area contributed by atoms with Crippen LogP contribution >= 0.6 is 27.3 Å². The highest BCUT2D eigenvalue weighted by molar-refractivity contribution is 9.11. The van der Waals surface area contributed by atoms with Gasteiger partial charge in [-0.3, -0.25) is 10.2 Å². The fourth-order valence-electron chi connectivity index (χ4n) is 2.40. The van der Waals surface area contributed by atoms with E-state index >= 15 is 0 Å². The number of thiazole rings is 1. The van der Waals surface area contributed by atoms with Gasteiger partial charge in [-0.05, 0) is 28.3 Å². The second-order valence-corrected chi connectivity index (χ2v) is 7.34. The molecule has 0 saturated heterocycles. The summed E-state index contributed by atoms with van der Waals surface area (Å²) in [7, 11) is 0. The molecule has 5 nitrogen and oxygen atoms in total. The van der Waals surface area contributed by atoms with Crippen molar-refractivity contribution in [1.29, 1.82) is 5.41 Å². The van der Waals surface area contributed by atoms with E-state index in [2.05, 4.69) is 31.2 Å². The van der Waals surface area contributed by atoms with Crippen molar-refractivity contribution in [3.05, 3.63) is 14.5 Å². The lowest BCUT2D eigenvalue weighted by atomic mass is 9.86. The molecule has 2 N–H and O–H groups in total. The molecule has 2 rings (SSSR count). The number of rotatable bonds is 3. The largest absolute Gasteiger partial charge is 0.342 e. The van der Waals surface area contributed by atoms with Crippen LogP contribution in [0.3, 0.4) is 0 Å². The van der Waals surface area contributed by atoms with Gasteiger partial charge in [0.1, 0.15) is 0 Å². The number of nitrogens with one attached hydrogen (secondary N) is 2. The lowest BCUT2D eigenvalue weighted by molar-refractivity contribution is -0.145. The fraction of sp³-hybridized carbons (Fsp3) is 0.615. The van der Waals surface area contributed by atoms with Crippen LogP contribution in [-0.2, 0) is 16.1 Å². The van der Waals surface area contributed by atoms with Crippen LogP contribution in [0.25, 0.3) is 0 Å². The number of carbonyl (C=O) groups is 1. The molecule has 0 radical (unpaired) electrons. The quantitative estimate of drug-likeness (QED) is 0.492. The van der Waals surface area contributed by atoms with E-state index in [0.717, 1.165) is 15.9 Å². The molecular formula is C13H18BrN3O2S. The van der Waals surface area contributed by atoms with Crippen molar-refractivity contribution in [3.63, 3.8) is 0 Å². The maximum atomic E-state index is 10.7. The lowest BCUT2D eigenvalue weighted by Crippen LogP contribution is -2.25. The molecule has 0 atom stereocenters. The van der Waals surface area contributed by atoms with Crippen LogP contribution in [0.2, 0.25) is 0 Å². The van der Waals surface area contributed by atoms with Crippen molar-refractivity contribution in [2.24, 2.45) is 5.92 Å². The molecule has 1 aromatic heterocycles. The molecule has 0 amide bonds. The summed E-state index contributed by atoms with van der Waals surface area (Å²) in [5.74, 6) is 0.235. The minimum atomic E-state index is -0.479. The Morgan fingerprint density at radius 3 is 2.85 bits per heavy atom. The van der Waals surface area contributed by atoms with E-state index in [9.17, 15) is 4.79 Å². The van der Waals surface area contributed by atoms with Crippen molar-refractivity contribution < 1.29 is 9.63 Å². The molecule has 1 aliphatic carbocycles. The minimum absolute atomic E-state index is 0.0146. The highest BCUT2D eigenvalue weighted by atomic mass is 79.9. The summed E-state index contributed by atoms with van der Waals surface area (Å²) < 4.78 is 0.965. The van der Waals surface area contributed by atoms with Crippen LogP contribution < -0.4 is 5.48 Å². The van der Waals surface area contributed by atoms with Crippen LogP contribution in [0.1, 0.15) is 49.7 Å². The Morgan fingerprint density at radius 1 is 1.50 bits per heavy atom. The standard InChI is InChI=1S/C13H18BrN3O2S/c1-8(18)19-17-12(15)13-16-10(11(14)20-13)7-9-5-3-2-4-6-9/h9H,2-7H2,1H3,(H2,15,17). The monoisotopic (exact) mass is 359 g/mol. The number of carbonyl (C=O) groups excluding carboxylic acids is 1. The summed E-state index contributed by atoms with van der Waals surface area (Å²) in [4.78, 5) is 19.8. The molecule has 1 fully saturated rings. The van der Waals surface area contributed by atoms with Crippen molar-refractivity contribution in [2.45, 2.75) is 45.4 Å². The topological polar surface area (TPSA) is 75.1 Å². The number of amidine groups is 1. The van der Waals surface area contributed by atoms with Gasteiger partial charge in [0, 0.05) is 6.92 Å². The van der Waals surface area contributed by atoms with E-state index in [-0.39, 0.29) is 5.84 Å². The zero-order valence-corrected chi connectivity index (χ0v) is 13.8. The minimum Gasteiger partial charge on any atom is -0.342 e. The first-order valence-corrected chi connectivity index (χ1v) is 8.34. The van der Waals surface area contributed by atoms with Gasteiger partial charge < -0.3 is 4.84 Å². The maximum Gasteiger partial charge on any atom is 0.329 e. The lowest BCUT2D eigenvalue weighted by Gasteiger charge is -2.20. The summed E-state index contributed by atoms with van der Waals surface area (Å²) in [5, 5.41) is 8.32. The van der Waals surface area contributed by atoms with Gasteiger partial charge in [-0.25, -0.2) is 4.98 Å². The predicted molar refractivity (Wildman–Crippen MR) is 81.8 cm³/mol. The van der Waals surface area contributed by atoms with Crippen LogP contribution in [0.5, 0.6) is 0 Å². The van der Waals surface area contributed by atoms with Gasteiger partial charge in [0.2, 0.25) is 0 Å². The molecule has 0 bridgehead atoms. The SMILES string of the molecule is CC(=O)ONC(=N)c1nc(CC2CCCCC2)c(Br)s1. The van der Waals surface area contributed by atoms with E-state index < -0.39 is 5.97 Å². The molecule has 20 heavy (non-hydrogen) atoms. The second kappa shape index (κ2) is 7.17. The number of hydrogen-bond donors (Lipinski definition) is 2. The normalized spacial score (nSPS) is 15.9. The fourth-order valence-corrected chi connectivity index (χ4v) is 3.82. The van der Waals surface area contributed by atoms with Crippen LogP contribution in [0, 0.1) is 11.3 Å². The average Bonchev–Trinajstić information content (AvgIpc) is 2.79. The third-order valence-corrected chi connectivity index (χ3v) is 5.21. The summed E-state index contributed by atoms with van der Waals surface area (Å²) in [6.45, 7) is 1.28. The van der Waals surface area contributed by atoms with Crippen molar-refractivity contribution >= 4 is 39.1 Å². The highest BCUT2D eigenvalue weighted by Crippen LogP contribution is 2.31. The van der Waals surface area contributed by atoms with E-state index in [1.54, 1.807) is 0 Å². The number of nitrogens with zero attached hydrogens (tertiary/aromatic N) is 1. The molecule has 0 aromatic carbocycles. The Balaban J connectivity index is 1.97. The Hall–Kier alpha value is -0.950. The van der Waals surface area contributed by atoms with E-state index in [1.807, 2.05) is 0 Å². The Labute approximate surface area is 130 Å². The number of halogens is 1. The van der Waals surface area contributed by atoms with Gasteiger partial charge in [-0.1, -0.05) is 32.1 Å². The van der Waals surface area contributed by atoms with Gasteiger partial charge in [-0.15, -0.1) is 11.3 Å². The summed E-state index contributed by atoms with van der Waals surface area (Å²) in [5.41, 5.74) is 3.31. The van der Waals surface area contributed by atoms with Crippen molar-refractivity contribution in [1.82, 2.24) is 10.5 Å². The number of hydroxylamine groups is 1. The third-order valence-electron chi connectivity index (χ3n) is 3.37. The molecule has 1 saturated carbocycles. The van der Waals surface area contributed by atoms with Crippen LogP contribution in [0.15, 0.2) is 3.79 Å². The zero-order valence-electron chi connectivity index (χ0n) is 11.4. The van der Waals surface area contributed by atoms with Crippen molar-refractivity contribution in [3.8, 4) is 0 Å². The van der Waals surface area contributed by atoms with Gasteiger partial charge in [0.15, 0.2) is 10.8 Å². The summed E-state index contributed by atoms with van der Waals surface area (Å²) in [6, 6.07) is 0. The molecule has 7 heteroatoms. The molecular weight excluding hydrogens is 342 g/mol. The van der Waals surface area contributed by atoms with Crippen LogP contribution in [-0.4, -0.2) is 16.8 Å². The molecule has 1 aliphatic rings. The molecule has 0 unspecified atom stereocenters. The first kappa shape index (κ1) is 15.4. The van der Waals surface area contributed by atoms with Gasteiger partial charge in [-0.2, -0.15) is 5.48 Å². The molecule has 0 aliphatic heterocycles. The Morgan fingerprint density at radius 2 is 2.20 bits per heavy atom. The Bertz CT molecular complexity index is 498. The first-order chi connectivity index (χ1) is 9.56. The average molecular weight is 360 g/mol. The summed E-state index contributed by atoms with van der Waals surface area (Å²) in [6.07, 6.45) is 7.45. The van der Waals surface area contributed by atoms with Crippen LogP contribution in [0.4, 0.5) is 0 Å². The third kappa shape index (κ3) is 4.28. The Kier molecular flexibility index (Phi) is 5.54. The smallest absolute Gasteiger partial charge is 0.329 e. The van der Waals surface area contributed by atoms with Crippen molar-refractivity contribution in [2.75, 3.05) is 0 Å². The maximum absolute atomic E-state index is 10.7. The first-order valence-electron chi connectivity index (χ1n) is 6.74. The highest BCUT2D eigenvalue weighted by Gasteiger charge is 2.19. The molecule has 1 aromatic rings.